The third-order valence-electron chi connectivity index (χ3n) is 4.61. The molecule has 1 atom stereocenters. The number of halogens is 3. The van der Waals surface area contributed by atoms with E-state index < -0.39 is 37.3 Å². The Balaban J connectivity index is 1.55. The number of imidazole rings is 1. The molecule has 0 saturated heterocycles. The number of hydrogen-bond acceptors (Lipinski definition) is 5. The van der Waals surface area contributed by atoms with Crippen molar-refractivity contribution in [2.24, 2.45) is 7.05 Å². The van der Waals surface area contributed by atoms with Gasteiger partial charge < -0.3 is 19.4 Å². The number of rotatable bonds is 9. The van der Waals surface area contributed by atoms with Crippen LogP contribution in [0.5, 0.6) is 0 Å². The highest BCUT2D eigenvalue weighted by Gasteiger charge is 2.27. The maximum Gasteiger partial charge on any atom is 0.411 e. The summed E-state index contributed by atoms with van der Waals surface area (Å²) < 4.78 is 47.8. The maximum atomic E-state index is 12.5. The number of carbonyl (C=O) groups is 2. The van der Waals surface area contributed by atoms with E-state index in [1.54, 1.807) is 17.0 Å². The van der Waals surface area contributed by atoms with Gasteiger partial charge in [0, 0.05) is 19.4 Å². The fourth-order valence-corrected chi connectivity index (χ4v) is 3.04. The Kier molecular flexibility index (Phi) is 7.83. The van der Waals surface area contributed by atoms with Crippen LogP contribution in [-0.4, -0.2) is 40.8 Å². The standard InChI is InChI=1S/C23H22F3N3O4/c1-29-12-11-27-21(29)20(17-5-3-2-4-6-17)28-19(30)14-33-22(31)18-9-7-16(8-10-18)13-32-15-23(24,25)26/h2-12,20H,13-15H2,1H3,(H,28,30)/t20-/m1/s1. The first kappa shape index (κ1) is 24.0. The lowest BCUT2D eigenvalue weighted by molar-refractivity contribution is -0.176. The van der Waals surface area contributed by atoms with E-state index in [0.717, 1.165) is 5.56 Å². The van der Waals surface area contributed by atoms with Crippen LogP contribution in [0.4, 0.5) is 13.2 Å². The van der Waals surface area contributed by atoms with E-state index in [-0.39, 0.29) is 12.2 Å². The summed E-state index contributed by atoms with van der Waals surface area (Å²) >= 11 is 0. The van der Waals surface area contributed by atoms with Crippen LogP contribution < -0.4 is 5.32 Å². The Morgan fingerprint density at radius 2 is 1.79 bits per heavy atom. The summed E-state index contributed by atoms with van der Waals surface area (Å²) in [5, 5.41) is 2.82. The minimum atomic E-state index is -4.40. The van der Waals surface area contributed by atoms with Gasteiger partial charge in [0.2, 0.25) is 0 Å². The number of benzene rings is 2. The topological polar surface area (TPSA) is 82.5 Å². The monoisotopic (exact) mass is 461 g/mol. The molecule has 3 aromatic rings. The van der Waals surface area contributed by atoms with Gasteiger partial charge in [-0.25, -0.2) is 9.78 Å². The Labute approximate surface area is 188 Å². The molecule has 1 amide bonds. The first-order valence-corrected chi connectivity index (χ1v) is 9.95. The van der Waals surface area contributed by atoms with Gasteiger partial charge in [-0.15, -0.1) is 0 Å². The second-order valence-corrected chi connectivity index (χ2v) is 7.19. The number of nitrogens with zero attached hydrogens (tertiary/aromatic N) is 2. The highest BCUT2D eigenvalue weighted by Crippen LogP contribution is 2.20. The third-order valence-corrected chi connectivity index (χ3v) is 4.61. The second-order valence-electron chi connectivity index (χ2n) is 7.19. The molecule has 174 valence electrons. The predicted octanol–water partition coefficient (Wildman–Crippen LogP) is 3.56. The first-order valence-electron chi connectivity index (χ1n) is 9.95. The van der Waals surface area contributed by atoms with E-state index >= 15 is 0 Å². The van der Waals surface area contributed by atoms with Gasteiger partial charge in [-0.3, -0.25) is 4.79 Å². The van der Waals surface area contributed by atoms with Crippen LogP contribution in [0.1, 0.15) is 33.4 Å². The fraction of sp³-hybridized carbons (Fsp3) is 0.261. The number of aryl methyl sites for hydroxylation is 1. The summed E-state index contributed by atoms with van der Waals surface area (Å²) in [7, 11) is 1.81. The predicted molar refractivity (Wildman–Crippen MR) is 112 cm³/mol. The summed E-state index contributed by atoms with van der Waals surface area (Å²) in [5.74, 6) is -0.636. The summed E-state index contributed by atoms with van der Waals surface area (Å²) in [6.45, 7) is -2.11. The van der Waals surface area contributed by atoms with Crippen molar-refractivity contribution in [3.05, 3.63) is 89.5 Å². The summed E-state index contributed by atoms with van der Waals surface area (Å²) in [5.41, 5.74) is 1.44. The number of esters is 1. The Morgan fingerprint density at radius 1 is 1.09 bits per heavy atom. The van der Waals surface area contributed by atoms with Gasteiger partial charge in [-0.05, 0) is 23.3 Å². The van der Waals surface area contributed by atoms with Crippen molar-refractivity contribution in [1.82, 2.24) is 14.9 Å². The number of alkyl halides is 3. The Bertz CT molecular complexity index is 1070. The Hall–Kier alpha value is -3.66. The molecule has 3 rings (SSSR count). The lowest BCUT2D eigenvalue weighted by atomic mass is 10.1. The SMILES string of the molecule is Cn1ccnc1[C@H](NC(=O)COC(=O)c1ccc(COCC(F)(F)F)cc1)c1ccccc1. The maximum absolute atomic E-state index is 12.5. The molecule has 0 fully saturated rings. The number of ether oxygens (including phenoxy) is 2. The Morgan fingerprint density at radius 3 is 2.39 bits per heavy atom. The van der Waals surface area contributed by atoms with Crippen LogP contribution in [0.25, 0.3) is 0 Å². The van der Waals surface area contributed by atoms with Crippen molar-refractivity contribution in [2.45, 2.75) is 18.8 Å². The van der Waals surface area contributed by atoms with Gasteiger partial charge in [0.25, 0.3) is 5.91 Å². The lowest BCUT2D eigenvalue weighted by Crippen LogP contribution is -2.34. The number of amides is 1. The molecule has 0 unspecified atom stereocenters. The molecule has 1 heterocycles. The molecule has 1 aromatic heterocycles. The molecule has 7 nitrogen and oxygen atoms in total. The zero-order valence-corrected chi connectivity index (χ0v) is 17.7. The molecule has 0 aliphatic carbocycles. The zero-order chi connectivity index (χ0) is 23.8. The molecule has 0 aliphatic rings. The summed E-state index contributed by atoms with van der Waals surface area (Å²) in [4.78, 5) is 29.0. The van der Waals surface area contributed by atoms with Crippen molar-refractivity contribution < 1.29 is 32.2 Å². The number of hydrogen-bond donors (Lipinski definition) is 1. The van der Waals surface area contributed by atoms with Gasteiger partial charge in [-0.2, -0.15) is 13.2 Å². The zero-order valence-electron chi connectivity index (χ0n) is 17.7. The highest BCUT2D eigenvalue weighted by atomic mass is 19.4. The van der Waals surface area contributed by atoms with Crippen LogP contribution >= 0.6 is 0 Å². The van der Waals surface area contributed by atoms with Crippen molar-refractivity contribution in [2.75, 3.05) is 13.2 Å². The van der Waals surface area contributed by atoms with Crippen LogP contribution in [0.2, 0.25) is 0 Å². The quantitative estimate of drug-likeness (QED) is 0.493. The molecule has 10 heteroatoms. The van der Waals surface area contributed by atoms with Crippen molar-refractivity contribution in [3.63, 3.8) is 0 Å². The van der Waals surface area contributed by atoms with Crippen molar-refractivity contribution in [3.8, 4) is 0 Å². The van der Waals surface area contributed by atoms with E-state index in [1.165, 1.54) is 24.3 Å². The molecule has 33 heavy (non-hydrogen) atoms. The molecule has 0 aliphatic heterocycles. The van der Waals surface area contributed by atoms with Crippen LogP contribution in [-0.2, 0) is 27.9 Å². The van der Waals surface area contributed by atoms with Crippen LogP contribution in [0.15, 0.2) is 67.0 Å². The lowest BCUT2D eigenvalue weighted by Gasteiger charge is -2.19. The second kappa shape index (κ2) is 10.8. The largest absolute Gasteiger partial charge is 0.452 e. The highest BCUT2D eigenvalue weighted by molar-refractivity contribution is 5.91. The van der Waals surface area contributed by atoms with E-state index in [1.807, 2.05) is 37.4 Å². The molecular weight excluding hydrogens is 439 g/mol. The van der Waals surface area contributed by atoms with Crippen molar-refractivity contribution >= 4 is 11.9 Å². The normalized spacial score (nSPS) is 12.2. The van der Waals surface area contributed by atoms with Gasteiger partial charge in [-0.1, -0.05) is 42.5 Å². The van der Waals surface area contributed by atoms with E-state index in [9.17, 15) is 22.8 Å². The first-order chi connectivity index (χ1) is 15.7. The van der Waals surface area contributed by atoms with Crippen molar-refractivity contribution in [1.29, 1.82) is 0 Å². The number of carbonyl (C=O) groups excluding carboxylic acids is 2. The van der Waals surface area contributed by atoms with Crippen LogP contribution in [0.3, 0.4) is 0 Å². The minimum absolute atomic E-state index is 0.158. The summed E-state index contributed by atoms with van der Waals surface area (Å²) in [6, 6.07) is 14.4. The summed E-state index contributed by atoms with van der Waals surface area (Å²) in [6.07, 6.45) is -1.02. The average Bonchev–Trinajstić information content (AvgIpc) is 3.21. The average molecular weight is 461 g/mol. The molecule has 0 radical (unpaired) electrons. The van der Waals surface area contributed by atoms with Gasteiger partial charge in [0.05, 0.1) is 12.2 Å². The third kappa shape index (κ3) is 7.18. The minimum Gasteiger partial charge on any atom is -0.452 e. The smallest absolute Gasteiger partial charge is 0.411 e. The molecule has 0 bridgehead atoms. The van der Waals surface area contributed by atoms with E-state index in [4.69, 9.17) is 4.74 Å². The number of aromatic nitrogens is 2. The van der Waals surface area contributed by atoms with E-state index in [0.29, 0.717) is 11.4 Å². The molecule has 0 saturated carbocycles. The molecular formula is C23H22F3N3O4. The molecule has 2 aromatic carbocycles. The number of nitrogens with one attached hydrogen (secondary N) is 1. The van der Waals surface area contributed by atoms with E-state index in [2.05, 4.69) is 15.0 Å². The fourth-order valence-electron chi connectivity index (χ4n) is 3.04. The van der Waals surface area contributed by atoms with Crippen LogP contribution in [0, 0.1) is 0 Å². The van der Waals surface area contributed by atoms with Gasteiger partial charge in [0.1, 0.15) is 18.5 Å². The van der Waals surface area contributed by atoms with Gasteiger partial charge >= 0.3 is 12.1 Å². The molecule has 1 N–H and O–H groups in total. The van der Waals surface area contributed by atoms with Gasteiger partial charge in [0.15, 0.2) is 6.61 Å². The molecule has 0 spiro atoms.